The Morgan fingerprint density at radius 2 is 1.37 bits per heavy atom. The standard InChI is InChI=1S/C21H25.C11H17.2ClH.Zr/c1-20(2,3)16-7-9-18-14(12-16)11-15-13-17(21(4,5)6)8-10-19(15)18;1-5-9-6-7-10(8-9)11(2,3)4;;;/h7-10,12H,11H2,1-6H3;7H,5-6H2,1-4H3;2*1H;/q2*-1;;;+4/p-2. The van der Waals surface area contributed by atoms with Crippen molar-refractivity contribution in [1.82, 2.24) is 0 Å². The molecule has 0 saturated carbocycles. The van der Waals surface area contributed by atoms with E-state index < -0.39 is 0 Å². The Morgan fingerprint density at radius 3 is 1.83 bits per heavy atom. The molecule has 0 unspecified atom stereocenters. The van der Waals surface area contributed by atoms with E-state index in [4.69, 9.17) is 0 Å². The van der Waals surface area contributed by atoms with Crippen LogP contribution in [0.3, 0.4) is 0 Å². The molecule has 0 heterocycles. The molecule has 2 aromatic rings. The van der Waals surface area contributed by atoms with Crippen LogP contribution in [0.5, 0.6) is 0 Å². The molecule has 0 saturated heterocycles. The zero-order valence-electron chi connectivity index (χ0n) is 23.3. The Morgan fingerprint density at radius 1 is 0.771 bits per heavy atom. The molecule has 0 spiro atoms. The second-order valence-corrected chi connectivity index (χ2v) is 12.5. The fourth-order valence-electron chi connectivity index (χ4n) is 4.27. The second-order valence-electron chi connectivity index (χ2n) is 12.5. The number of benzene rings is 2. The first-order chi connectivity index (χ1) is 14.7. The van der Waals surface area contributed by atoms with E-state index in [2.05, 4.69) is 118 Å². The van der Waals surface area contributed by atoms with Gasteiger partial charge in [0.05, 0.1) is 0 Å². The van der Waals surface area contributed by atoms with Gasteiger partial charge in [-0.15, -0.1) is 11.1 Å². The molecule has 0 aromatic heterocycles. The van der Waals surface area contributed by atoms with Gasteiger partial charge in [0.2, 0.25) is 0 Å². The number of rotatable bonds is 1. The van der Waals surface area contributed by atoms with Crippen LogP contribution in [0, 0.1) is 17.6 Å². The van der Waals surface area contributed by atoms with Gasteiger partial charge in [0.25, 0.3) is 0 Å². The normalized spacial score (nSPS) is 14.1. The van der Waals surface area contributed by atoms with E-state index in [0.717, 1.165) is 19.3 Å². The maximum Gasteiger partial charge on any atom is 4.00 e. The molecular formula is C32H42Cl2Zr. The van der Waals surface area contributed by atoms with E-state index in [0.29, 0.717) is 0 Å². The number of hydrogen-bond donors (Lipinski definition) is 0. The fraction of sp³-hybridized carbons (Fsp3) is 0.500. The Hall–Kier alpha value is -0.617. The smallest absolute Gasteiger partial charge is 1.00 e. The average Bonchev–Trinajstić information content (AvgIpc) is 3.30. The Balaban J connectivity index is 0.000000714. The van der Waals surface area contributed by atoms with Crippen molar-refractivity contribution in [2.75, 3.05) is 0 Å². The van der Waals surface area contributed by atoms with Crippen molar-refractivity contribution in [2.24, 2.45) is 5.41 Å². The van der Waals surface area contributed by atoms with Crippen molar-refractivity contribution in [3.05, 3.63) is 82.0 Å². The summed E-state index contributed by atoms with van der Waals surface area (Å²) in [7, 11) is 0. The van der Waals surface area contributed by atoms with Gasteiger partial charge in [0, 0.05) is 0 Å². The molecule has 188 valence electrons. The predicted molar refractivity (Wildman–Crippen MR) is 140 cm³/mol. The van der Waals surface area contributed by atoms with Gasteiger partial charge in [-0.25, -0.2) is 17.7 Å². The monoisotopic (exact) mass is 586 g/mol. The molecule has 0 atom stereocenters. The summed E-state index contributed by atoms with van der Waals surface area (Å²) in [5.41, 5.74) is 11.8. The van der Waals surface area contributed by atoms with Gasteiger partial charge < -0.3 is 24.8 Å². The molecule has 4 rings (SSSR count). The van der Waals surface area contributed by atoms with Crippen molar-refractivity contribution in [1.29, 1.82) is 0 Å². The van der Waals surface area contributed by atoms with Crippen molar-refractivity contribution in [3.8, 4) is 11.1 Å². The molecule has 0 amide bonds. The molecule has 2 aliphatic carbocycles. The van der Waals surface area contributed by atoms with Gasteiger partial charge in [0.15, 0.2) is 0 Å². The summed E-state index contributed by atoms with van der Waals surface area (Å²) in [5, 5.41) is 0. The van der Waals surface area contributed by atoms with Crippen LogP contribution in [0.2, 0.25) is 0 Å². The van der Waals surface area contributed by atoms with Crippen LogP contribution in [0.15, 0.2) is 47.6 Å². The molecule has 0 bridgehead atoms. The van der Waals surface area contributed by atoms with Crippen LogP contribution in [0.25, 0.3) is 11.1 Å². The summed E-state index contributed by atoms with van der Waals surface area (Å²) in [6.45, 7) is 22.5. The summed E-state index contributed by atoms with van der Waals surface area (Å²) >= 11 is 0. The summed E-state index contributed by atoms with van der Waals surface area (Å²) in [5.74, 6) is 0. The largest absolute Gasteiger partial charge is 4.00 e. The van der Waals surface area contributed by atoms with Crippen molar-refractivity contribution < 1.29 is 51.0 Å². The summed E-state index contributed by atoms with van der Waals surface area (Å²) in [6, 6.07) is 15.2. The zero-order valence-corrected chi connectivity index (χ0v) is 27.3. The topological polar surface area (TPSA) is 0 Å². The van der Waals surface area contributed by atoms with Crippen LogP contribution >= 0.6 is 0 Å². The van der Waals surface area contributed by atoms with Crippen molar-refractivity contribution in [3.63, 3.8) is 0 Å². The Labute approximate surface area is 247 Å². The van der Waals surface area contributed by atoms with Gasteiger partial charge in [-0.3, -0.25) is 0 Å². The SMILES string of the molecule is CC(C)(C)c1[c-]c2c(cc1)-c1ccc(C(C)(C)C)cc1C2.CCC1=[C-]C(C(C)(C)C)=CC1.[Cl-].[Cl-].[Zr+4]. The molecule has 0 nitrogen and oxygen atoms in total. The molecule has 0 N–H and O–H groups in total. The average molecular weight is 589 g/mol. The number of hydrogen-bond acceptors (Lipinski definition) is 0. The van der Waals surface area contributed by atoms with Crippen LogP contribution in [-0.4, -0.2) is 0 Å². The van der Waals surface area contributed by atoms with Gasteiger partial charge >= 0.3 is 26.2 Å². The van der Waals surface area contributed by atoms with Crippen LogP contribution in [0.4, 0.5) is 0 Å². The Bertz CT molecular complexity index is 993. The number of fused-ring (bicyclic) bond motifs is 3. The first kappa shape index (κ1) is 34.4. The van der Waals surface area contributed by atoms with Gasteiger partial charge in [0.1, 0.15) is 0 Å². The van der Waals surface area contributed by atoms with Crippen molar-refractivity contribution in [2.45, 2.75) is 99.3 Å². The van der Waals surface area contributed by atoms with Gasteiger partial charge in [-0.1, -0.05) is 106 Å². The molecule has 2 aliphatic rings. The molecule has 3 heteroatoms. The molecule has 0 fully saturated rings. The first-order valence-electron chi connectivity index (χ1n) is 12.2. The van der Waals surface area contributed by atoms with E-state index in [1.807, 2.05) is 0 Å². The minimum absolute atomic E-state index is 0. The van der Waals surface area contributed by atoms with Crippen LogP contribution < -0.4 is 24.8 Å². The van der Waals surface area contributed by atoms with E-state index in [9.17, 15) is 0 Å². The molecule has 0 aliphatic heterocycles. The van der Waals surface area contributed by atoms with E-state index in [1.165, 1.54) is 44.5 Å². The third-order valence-electron chi connectivity index (χ3n) is 6.56. The first-order valence-corrected chi connectivity index (χ1v) is 12.2. The van der Waals surface area contributed by atoms with Crippen molar-refractivity contribution >= 4 is 0 Å². The van der Waals surface area contributed by atoms with E-state index in [-0.39, 0.29) is 67.3 Å². The van der Waals surface area contributed by atoms with E-state index >= 15 is 0 Å². The molecule has 35 heavy (non-hydrogen) atoms. The second kappa shape index (κ2) is 12.8. The minimum Gasteiger partial charge on any atom is -1.00 e. The molecular weight excluding hydrogens is 546 g/mol. The van der Waals surface area contributed by atoms with Gasteiger partial charge in [-0.05, 0) is 33.8 Å². The maximum absolute atomic E-state index is 3.67. The third-order valence-corrected chi connectivity index (χ3v) is 6.56. The van der Waals surface area contributed by atoms with Gasteiger partial charge in [-0.2, -0.15) is 29.3 Å². The minimum atomic E-state index is 0. The molecule has 2 aromatic carbocycles. The maximum atomic E-state index is 3.67. The molecule has 0 radical (unpaired) electrons. The predicted octanol–water partition coefficient (Wildman–Crippen LogP) is 3.16. The zero-order chi connectivity index (χ0) is 23.9. The van der Waals surface area contributed by atoms with E-state index in [1.54, 1.807) is 0 Å². The fourth-order valence-corrected chi connectivity index (χ4v) is 4.27. The van der Waals surface area contributed by atoms with Crippen LogP contribution in [0.1, 0.15) is 104 Å². The summed E-state index contributed by atoms with van der Waals surface area (Å²) in [4.78, 5) is 0. The summed E-state index contributed by atoms with van der Waals surface area (Å²) < 4.78 is 0. The quantitative estimate of drug-likeness (QED) is 0.384. The third kappa shape index (κ3) is 8.45. The number of halogens is 2. The number of allylic oxidation sites excluding steroid dienone is 4. The Kier molecular flexibility index (Phi) is 12.5. The summed E-state index contributed by atoms with van der Waals surface area (Å²) in [6.07, 6.45) is 9.07. The van der Waals surface area contributed by atoms with Crippen LogP contribution in [-0.2, 0) is 43.5 Å².